The van der Waals surface area contributed by atoms with Crippen molar-refractivity contribution in [1.82, 2.24) is 0 Å². The van der Waals surface area contributed by atoms with Gasteiger partial charge in [-0.3, -0.25) is 14.4 Å². The quantitative estimate of drug-likeness (QED) is 0.827. The number of benzene rings is 2. The fourth-order valence-corrected chi connectivity index (χ4v) is 2.18. The van der Waals surface area contributed by atoms with Gasteiger partial charge >= 0.3 is 0 Å². The second kappa shape index (κ2) is 7.41. The Kier molecular flexibility index (Phi) is 5.31. The van der Waals surface area contributed by atoms with E-state index in [0.717, 1.165) is 0 Å². The molecule has 0 radical (unpaired) electrons. The molecule has 6 heteroatoms. The first-order chi connectivity index (χ1) is 11.4. The molecule has 2 amide bonds. The third kappa shape index (κ3) is 4.19. The van der Waals surface area contributed by atoms with Crippen LogP contribution in [-0.2, 0) is 4.79 Å². The van der Waals surface area contributed by atoms with Gasteiger partial charge in [-0.05, 0) is 37.3 Å². The topological polar surface area (TPSA) is 84.5 Å². The molecule has 2 N–H and O–H groups in total. The Morgan fingerprint density at radius 1 is 0.917 bits per heavy atom. The molecule has 0 saturated heterocycles. The van der Waals surface area contributed by atoms with E-state index in [1.54, 1.807) is 36.4 Å². The highest BCUT2D eigenvalue weighted by molar-refractivity contribution is 6.07. The fourth-order valence-electron chi connectivity index (χ4n) is 2.18. The first-order valence-electron chi connectivity index (χ1n) is 7.28. The molecule has 24 heavy (non-hydrogen) atoms. The van der Waals surface area contributed by atoms with Gasteiger partial charge in [0, 0.05) is 23.9 Å². The molecule has 0 unspecified atom stereocenters. The number of carbonyl (C=O) groups is 3. The zero-order valence-corrected chi connectivity index (χ0v) is 13.7. The molecule has 0 saturated carbocycles. The summed E-state index contributed by atoms with van der Waals surface area (Å²) in [5.74, 6) is -0.346. The van der Waals surface area contributed by atoms with Crippen LogP contribution in [0.25, 0.3) is 0 Å². The Balaban J connectivity index is 2.29. The van der Waals surface area contributed by atoms with Crippen LogP contribution < -0.4 is 15.4 Å². The highest BCUT2D eigenvalue weighted by atomic mass is 16.5. The average Bonchev–Trinajstić information content (AvgIpc) is 2.54. The van der Waals surface area contributed by atoms with E-state index in [1.165, 1.54) is 27.0 Å². The van der Waals surface area contributed by atoms with Crippen LogP contribution in [0.2, 0.25) is 0 Å². The Morgan fingerprint density at radius 3 is 2.25 bits per heavy atom. The summed E-state index contributed by atoms with van der Waals surface area (Å²) in [6.07, 6.45) is 0. The van der Waals surface area contributed by atoms with E-state index in [4.69, 9.17) is 4.74 Å². The first-order valence-corrected chi connectivity index (χ1v) is 7.28. The maximum absolute atomic E-state index is 12.5. The number of amides is 2. The van der Waals surface area contributed by atoms with Crippen LogP contribution in [0.3, 0.4) is 0 Å². The summed E-state index contributed by atoms with van der Waals surface area (Å²) in [5.41, 5.74) is 1.77. The predicted octanol–water partition coefficient (Wildman–Crippen LogP) is 3.11. The molecule has 0 atom stereocenters. The molecule has 0 bridgehead atoms. The standard InChI is InChI=1S/C18H18N2O4/c1-11(21)13-5-4-6-14(9-13)20-18(23)16-10-15(19-12(2)22)7-8-17(16)24-3/h4-10H,1-3H3,(H,19,22)(H,20,23). The molecule has 0 heterocycles. The maximum atomic E-state index is 12.5. The molecule has 0 spiro atoms. The van der Waals surface area contributed by atoms with Crippen LogP contribution in [0.15, 0.2) is 42.5 Å². The fraction of sp³-hybridized carbons (Fsp3) is 0.167. The lowest BCUT2D eigenvalue weighted by Gasteiger charge is -2.12. The van der Waals surface area contributed by atoms with E-state index in [2.05, 4.69) is 10.6 Å². The zero-order valence-electron chi connectivity index (χ0n) is 13.7. The highest BCUT2D eigenvalue weighted by Gasteiger charge is 2.14. The highest BCUT2D eigenvalue weighted by Crippen LogP contribution is 2.24. The third-order valence-corrected chi connectivity index (χ3v) is 3.29. The monoisotopic (exact) mass is 326 g/mol. The van der Waals surface area contributed by atoms with E-state index in [-0.39, 0.29) is 17.3 Å². The molecular weight excluding hydrogens is 308 g/mol. The minimum Gasteiger partial charge on any atom is -0.496 e. The number of carbonyl (C=O) groups excluding carboxylic acids is 3. The van der Waals surface area contributed by atoms with Crippen molar-refractivity contribution in [2.24, 2.45) is 0 Å². The summed E-state index contributed by atoms with van der Waals surface area (Å²) in [7, 11) is 1.46. The van der Waals surface area contributed by atoms with E-state index < -0.39 is 5.91 Å². The molecule has 2 aromatic carbocycles. The van der Waals surface area contributed by atoms with Gasteiger partial charge in [0.2, 0.25) is 5.91 Å². The molecule has 124 valence electrons. The van der Waals surface area contributed by atoms with Gasteiger partial charge in [0.05, 0.1) is 12.7 Å². The first kappa shape index (κ1) is 17.2. The van der Waals surface area contributed by atoms with Crippen molar-refractivity contribution in [2.45, 2.75) is 13.8 Å². The van der Waals surface area contributed by atoms with Gasteiger partial charge in [0.1, 0.15) is 5.75 Å². The summed E-state index contributed by atoms with van der Waals surface area (Å²) >= 11 is 0. The number of ether oxygens (including phenoxy) is 1. The van der Waals surface area contributed by atoms with Gasteiger partial charge in [0.25, 0.3) is 5.91 Å². The van der Waals surface area contributed by atoms with Crippen molar-refractivity contribution in [3.05, 3.63) is 53.6 Å². The molecular formula is C18H18N2O4. The molecule has 6 nitrogen and oxygen atoms in total. The second-order valence-electron chi connectivity index (χ2n) is 5.19. The number of Topliss-reactive ketones (excluding diaryl/α,β-unsaturated/α-hetero) is 1. The lowest BCUT2D eigenvalue weighted by molar-refractivity contribution is -0.114. The summed E-state index contributed by atoms with van der Waals surface area (Å²) in [4.78, 5) is 35.1. The number of nitrogens with one attached hydrogen (secondary N) is 2. The molecule has 0 aromatic heterocycles. The lowest BCUT2D eigenvalue weighted by atomic mass is 10.1. The van der Waals surface area contributed by atoms with Crippen molar-refractivity contribution >= 4 is 29.0 Å². The van der Waals surface area contributed by atoms with Crippen LogP contribution in [0, 0.1) is 0 Å². The molecule has 0 aliphatic heterocycles. The van der Waals surface area contributed by atoms with Gasteiger partial charge in [-0.25, -0.2) is 0 Å². The molecule has 0 aliphatic carbocycles. The smallest absolute Gasteiger partial charge is 0.259 e. The average molecular weight is 326 g/mol. The van der Waals surface area contributed by atoms with E-state index in [1.807, 2.05) is 0 Å². The van der Waals surface area contributed by atoms with Gasteiger partial charge in [-0.1, -0.05) is 12.1 Å². The summed E-state index contributed by atoms with van der Waals surface area (Å²) < 4.78 is 5.20. The minimum atomic E-state index is -0.403. The number of methoxy groups -OCH3 is 1. The largest absolute Gasteiger partial charge is 0.496 e. The Hall–Kier alpha value is -3.15. The number of rotatable bonds is 5. The van der Waals surface area contributed by atoms with E-state index in [9.17, 15) is 14.4 Å². The third-order valence-electron chi connectivity index (χ3n) is 3.29. The van der Waals surface area contributed by atoms with Crippen LogP contribution in [0.1, 0.15) is 34.6 Å². The summed E-state index contributed by atoms with van der Waals surface area (Å²) in [6.45, 7) is 2.85. The number of ketones is 1. The van der Waals surface area contributed by atoms with Crippen molar-refractivity contribution in [3.63, 3.8) is 0 Å². The predicted molar refractivity (Wildman–Crippen MR) is 91.7 cm³/mol. The zero-order chi connectivity index (χ0) is 17.7. The van der Waals surface area contributed by atoms with Gasteiger partial charge < -0.3 is 15.4 Å². The van der Waals surface area contributed by atoms with Gasteiger partial charge in [-0.2, -0.15) is 0 Å². The summed E-state index contributed by atoms with van der Waals surface area (Å²) in [6, 6.07) is 11.4. The molecule has 0 aliphatic rings. The van der Waals surface area contributed by atoms with Crippen LogP contribution in [-0.4, -0.2) is 24.7 Å². The normalized spacial score (nSPS) is 9.96. The van der Waals surface area contributed by atoms with Gasteiger partial charge in [0.15, 0.2) is 5.78 Å². The Bertz CT molecular complexity index is 799. The number of hydrogen-bond donors (Lipinski definition) is 2. The van der Waals surface area contributed by atoms with Crippen LogP contribution in [0.5, 0.6) is 5.75 Å². The maximum Gasteiger partial charge on any atom is 0.259 e. The Morgan fingerprint density at radius 2 is 1.62 bits per heavy atom. The minimum absolute atomic E-state index is 0.0867. The molecule has 2 aromatic rings. The number of anilines is 2. The van der Waals surface area contributed by atoms with Crippen molar-refractivity contribution < 1.29 is 19.1 Å². The van der Waals surface area contributed by atoms with Crippen molar-refractivity contribution in [1.29, 1.82) is 0 Å². The molecule has 2 rings (SSSR count). The van der Waals surface area contributed by atoms with Crippen LogP contribution in [0.4, 0.5) is 11.4 Å². The molecule has 0 fully saturated rings. The van der Waals surface area contributed by atoms with Crippen molar-refractivity contribution in [2.75, 3.05) is 17.7 Å². The van der Waals surface area contributed by atoms with Crippen molar-refractivity contribution in [3.8, 4) is 5.75 Å². The second-order valence-corrected chi connectivity index (χ2v) is 5.19. The SMILES string of the molecule is COc1ccc(NC(C)=O)cc1C(=O)Nc1cccc(C(C)=O)c1. The van der Waals surface area contributed by atoms with E-state index >= 15 is 0 Å². The lowest BCUT2D eigenvalue weighted by Crippen LogP contribution is -2.14. The van der Waals surface area contributed by atoms with E-state index in [0.29, 0.717) is 22.7 Å². The summed E-state index contributed by atoms with van der Waals surface area (Å²) in [5, 5.41) is 5.35. The van der Waals surface area contributed by atoms with Gasteiger partial charge in [-0.15, -0.1) is 0 Å². The van der Waals surface area contributed by atoms with Crippen LogP contribution >= 0.6 is 0 Å². The Labute approximate surface area is 139 Å². The number of hydrogen-bond acceptors (Lipinski definition) is 4.